The second kappa shape index (κ2) is 5.32. The predicted octanol–water partition coefficient (Wildman–Crippen LogP) is 2.08. The highest BCUT2D eigenvalue weighted by Gasteiger charge is 2.17. The van der Waals surface area contributed by atoms with Crippen LogP contribution in [0.3, 0.4) is 0 Å². The van der Waals surface area contributed by atoms with Crippen molar-refractivity contribution in [3.63, 3.8) is 0 Å². The smallest absolute Gasteiger partial charge is 0.125 e. The number of hydrogen-bond acceptors (Lipinski definition) is 3. The summed E-state index contributed by atoms with van der Waals surface area (Å²) in [6, 6.07) is 6.02. The van der Waals surface area contributed by atoms with Crippen LogP contribution in [0.25, 0.3) is 0 Å². The van der Waals surface area contributed by atoms with Gasteiger partial charge >= 0.3 is 0 Å². The van der Waals surface area contributed by atoms with E-state index in [-0.39, 0.29) is 6.10 Å². The minimum absolute atomic E-state index is 0.389. The van der Waals surface area contributed by atoms with E-state index in [1.165, 1.54) is 5.56 Å². The molecule has 1 aromatic rings. The lowest BCUT2D eigenvalue weighted by atomic mass is 10.0. The first kappa shape index (κ1) is 11.4. The summed E-state index contributed by atoms with van der Waals surface area (Å²) < 4.78 is 10.6. The molecule has 0 aromatic heterocycles. The van der Waals surface area contributed by atoms with E-state index in [9.17, 15) is 5.11 Å². The number of aliphatic hydroxyl groups is 1. The molecule has 1 aliphatic heterocycles. The molecule has 0 fully saturated rings. The maximum absolute atomic E-state index is 9.98. The molecule has 0 radical (unpaired) electrons. The number of ether oxygens (including phenoxy) is 2. The summed E-state index contributed by atoms with van der Waals surface area (Å²) in [4.78, 5) is 0. The number of rotatable bonds is 3. The van der Waals surface area contributed by atoms with E-state index in [1.807, 2.05) is 18.2 Å². The van der Waals surface area contributed by atoms with Gasteiger partial charge in [0.15, 0.2) is 0 Å². The van der Waals surface area contributed by atoms with Crippen molar-refractivity contribution in [1.29, 1.82) is 0 Å². The highest BCUT2D eigenvalue weighted by atomic mass is 16.5. The van der Waals surface area contributed by atoms with Crippen molar-refractivity contribution >= 4 is 0 Å². The molecule has 3 heteroatoms. The zero-order valence-electron chi connectivity index (χ0n) is 9.61. The number of benzene rings is 1. The van der Waals surface area contributed by atoms with Gasteiger partial charge in [-0.2, -0.15) is 0 Å². The number of aliphatic hydroxyl groups excluding tert-OH is 1. The van der Waals surface area contributed by atoms with Gasteiger partial charge in [0.2, 0.25) is 0 Å². The van der Waals surface area contributed by atoms with Crippen LogP contribution in [0.2, 0.25) is 0 Å². The second-order valence-corrected chi connectivity index (χ2v) is 4.12. The van der Waals surface area contributed by atoms with Gasteiger partial charge < -0.3 is 14.6 Å². The first-order valence-corrected chi connectivity index (χ1v) is 5.74. The van der Waals surface area contributed by atoms with Gasteiger partial charge in [-0.25, -0.2) is 0 Å². The summed E-state index contributed by atoms with van der Waals surface area (Å²) >= 11 is 0. The molecule has 0 bridgehead atoms. The highest BCUT2D eigenvalue weighted by Crippen LogP contribution is 2.32. The van der Waals surface area contributed by atoms with Crippen LogP contribution < -0.4 is 4.74 Å². The van der Waals surface area contributed by atoms with Crippen LogP contribution in [0.1, 0.15) is 30.1 Å². The molecule has 1 heterocycles. The van der Waals surface area contributed by atoms with Gasteiger partial charge in [-0.3, -0.25) is 0 Å². The van der Waals surface area contributed by atoms with Gasteiger partial charge in [0.1, 0.15) is 5.75 Å². The Labute approximate surface area is 96.0 Å². The summed E-state index contributed by atoms with van der Waals surface area (Å²) in [5.74, 6) is 0.825. The third-order valence-electron chi connectivity index (χ3n) is 2.91. The first-order chi connectivity index (χ1) is 7.81. The maximum atomic E-state index is 9.98. The summed E-state index contributed by atoms with van der Waals surface area (Å²) in [5.41, 5.74) is 2.11. The normalized spacial score (nSPS) is 19.8. The Balaban J connectivity index is 2.21. The minimum atomic E-state index is -0.389. The zero-order valence-corrected chi connectivity index (χ0v) is 9.61. The average molecular weight is 222 g/mol. The zero-order chi connectivity index (χ0) is 11.4. The Morgan fingerprint density at radius 2 is 2.38 bits per heavy atom. The standard InChI is InChI=1S/C13H18O3/c1-15-8-6-10-4-5-13-11(9-10)12(14)3-2-7-16-13/h4-5,9,12,14H,2-3,6-8H2,1H3/t12-/m0/s1. The van der Waals surface area contributed by atoms with Crippen LogP contribution in [-0.4, -0.2) is 25.4 Å². The summed E-state index contributed by atoms with van der Waals surface area (Å²) in [6.45, 7) is 1.40. The van der Waals surface area contributed by atoms with Gasteiger partial charge in [0.05, 0.1) is 19.3 Å². The Bertz CT molecular complexity index is 349. The fourth-order valence-corrected chi connectivity index (χ4v) is 1.98. The van der Waals surface area contributed by atoms with Crippen LogP contribution in [0, 0.1) is 0 Å². The molecule has 2 rings (SSSR count). The quantitative estimate of drug-likeness (QED) is 0.851. The lowest BCUT2D eigenvalue weighted by Gasteiger charge is -2.12. The van der Waals surface area contributed by atoms with Crippen molar-refractivity contribution in [2.45, 2.75) is 25.4 Å². The van der Waals surface area contributed by atoms with Crippen LogP contribution in [0.4, 0.5) is 0 Å². The highest BCUT2D eigenvalue weighted by molar-refractivity contribution is 5.39. The van der Waals surface area contributed by atoms with Crippen molar-refractivity contribution in [2.75, 3.05) is 20.3 Å². The van der Waals surface area contributed by atoms with Gasteiger partial charge in [0.25, 0.3) is 0 Å². The van der Waals surface area contributed by atoms with E-state index in [0.29, 0.717) is 13.2 Å². The van der Waals surface area contributed by atoms with Gasteiger partial charge in [-0.05, 0) is 37.0 Å². The van der Waals surface area contributed by atoms with E-state index in [1.54, 1.807) is 7.11 Å². The molecule has 1 aliphatic rings. The molecule has 1 N–H and O–H groups in total. The van der Waals surface area contributed by atoms with E-state index >= 15 is 0 Å². The van der Waals surface area contributed by atoms with Crippen LogP contribution in [0.15, 0.2) is 18.2 Å². The van der Waals surface area contributed by atoms with Gasteiger partial charge in [-0.15, -0.1) is 0 Å². The monoisotopic (exact) mass is 222 g/mol. The molecule has 0 saturated heterocycles. The molecule has 88 valence electrons. The van der Waals surface area contributed by atoms with E-state index in [4.69, 9.17) is 9.47 Å². The fourth-order valence-electron chi connectivity index (χ4n) is 1.98. The first-order valence-electron chi connectivity index (χ1n) is 5.74. The van der Waals surface area contributed by atoms with Crippen molar-refractivity contribution in [1.82, 2.24) is 0 Å². The second-order valence-electron chi connectivity index (χ2n) is 4.12. The molecule has 0 saturated carbocycles. The van der Waals surface area contributed by atoms with E-state index in [2.05, 4.69) is 0 Å². The molecular weight excluding hydrogens is 204 g/mol. The predicted molar refractivity (Wildman–Crippen MR) is 61.7 cm³/mol. The molecule has 0 aliphatic carbocycles. The molecule has 3 nitrogen and oxygen atoms in total. The molecule has 16 heavy (non-hydrogen) atoms. The van der Waals surface area contributed by atoms with E-state index < -0.39 is 0 Å². The minimum Gasteiger partial charge on any atom is -0.493 e. The SMILES string of the molecule is COCCc1ccc2c(c1)[C@@H](O)CCCO2. The summed E-state index contributed by atoms with van der Waals surface area (Å²) in [7, 11) is 1.70. The largest absolute Gasteiger partial charge is 0.493 e. The molecule has 1 aromatic carbocycles. The molecule has 1 atom stereocenters. The molecule has 0 unspecified atom stereocenters. The molecular formula is C13H18O3. The van der Waals surface area contributed by atoms with E-state index in [0.717, 1.165) is 30.6 Å². The summed E-state index contributed by atoms with van der Waals surface area (Å²) in [5, 5.41) is 9.98. The Kier molecular flexibility index (Phi) is 3.80. The molecule has 0 spiro atoms. The Morgan fingerprint density at radius 1 is 1.50 bits per heavy atom. The third kappa shape index (κ3) is 2.54. The van der Waals surface area contributed by atoms with Crippen LogP contribution in [-0.2, 0) is 11.2 Å². The third-order valence-corrected chi connectivity index (χ3v) is 2.91. The van der Waals surface area contributed by atoms with Crippen molar-refractivity contribution < 1.29 is 14.6 Å². The van der Waals surface area contributed by atoms with Crippen molar-refractivity contribution in [2.24, 2.45) is 0 Å². The average Bonchev–Trinajstić information content (AvgIpc) is 2.49. The van der Waals surface area contributed by atoms with Crippen LogP contribution >= 0.6 is 0 Å². The lowest BCUT2D eigenvalue weighted by molar-refractivity contribution is 0.167. The molecule has 0 amide bonds. The van der Waals surface area contributed by atoms with Crippen molar-refractivity contribution in [3.05, 3.63) is 29.3 Å². The lowest BCUT2D eigenvalue weighted by Crippen LogP contribution is -2.00. The summed E-state index contributed by atoms with van der Waals surface area (Å²) in [6.07, 6.45) is 2.17. The maximum Gasteiger partial charge on any atom is 0.125 e. The Morgan fingerprint density at radius 3 is 3.19 bits per heavy atom. The number of methoxy groups -OCH3 is 1. The van der Waals surface area contributed by atoms with Crippen molar-refractivity contribution in [3.8, 4) is 5.75 Å². The Hall–Kier alpha value is -1.06. The van der Waals surface area contributed by atoms with Gasteiger partial charge in [0, 0.05) is 12.7 Å². The number of hydrogen-bond donors (Lipinski definition) is 1. The van der Waals surface area contributed by atoms with Gasteiger partial charge in [-0.1, -0.05) is 6.07 Å². The fraction of sp³-hybridized carbons (Fsp3) is 0.538. The van der Waals surface area contributed by atoms with Crippen LogP contribution in [0.5, 0.6) is 5.75 Å². The number of fused-ring (bicyclic) bond motifs is 1. The topological polar surface area (TPSA) is 38.7 Å².